The van der Waals surface area contributed by atoms with Gasteiger partial charge in [-0.1, -0.05) is 6.92 Å². The van der Waals surface area contributed by atoms with Crippen molar-refractivity contribution < 1.29 is 8.42 Å². The van der Waals surface area contributed by atoms with Crippen molar-refractivity contribution in [2.24, 2.45) is 5.73 Å². The lowest BCUT2D eigenvalue weighted by atomic mass is 10.1. The van der Waals surface area contributed by atoms with Crippen molar-refractivity contribution in [1.29, 1.82) is 0 Å². The molecule has 0 aromatic carbocycles. The molecule has 0 bridgehead atoms. The number of hydrogen-bond acceptors (Lipinski definition) is 5. The first-order valence-electron chi connectivity index (χ1n) is 7.45. The number of nitrogens with two attached hydrogens (primary N) is 1. The van der Waals surface area contributed by atoms with Gasteiger partial charge >= 0.3 is 0 Å². The fourth-order valence-electron chi connectivity index (χ4n) is 2.69. The Labute approximate surface area is 126 Å². The molecule has 2 heterocycles. The molecule has 1 saturated heterocycles. The zero-order valence-corrected chi connectivity index (χ0v) is 13.3. The lowest BCUT2D eigenvalue weighted by Gasteiger charge is -2.31. The fourth-order valence-corrected chi connectivity index (χ4v) is 4.20. The molecule has 0 amide bonds. The van der Waals surface area contributed by atoms with Crippen LogP contribution in [0, 0.1) is 0 Å². The number of aromatic nitrogens is 1. The summed E-state index contributed by atoms with van der Waals surface area (Å²) in [5.74, 6) is 0. The van der Waals surface area contributed by atoms with Crippen LogP contribution in [-0.2, 0) is 16.6 Å². The highest BCUT2D eigenvalue weighted by atomic mass is 32.2. The standard InChI is InChI=1S/C14H24N4O2S/c1-2-8-18-9-5-12(6-10-18)17-21(19,20)14-4-3-7-16-13(14)11-15/h3-4,7,12,17H,2,5-6,8-11,15H2,1H3. The molecule has 0 aliphatic carbocycles. The van der Waals surface area contributed by atoms with Crippen LogP contribution in [0.15, 0.2) is 23.2 Å². The van der Waals surface area contributed by atoms with Crippen LogP contribution in [-0.4, -0.2) is 44.0 Å². The summed E-state index contributed by atoms with van der Waals surface area (Å²) < 4.78 is 27.7. The van der Waals surface area contributed by atoms with Gasteiger partial charge in [0.25, 0.3) is 0 Å². The predicted octanol–water partition coefficient (Wildman–Crippen LogP) is 0.693. The van der Waals surface area contributed by atoms with Crippen LogP contribution in [0.4, 0.5) is 0 Å². The van der Waals surface area contributed by atoms with Crippen LogP contribution in [0.2, 0.25) is 0 Å². The number of likely N-dealkylation sites (tertiary alicyclic amines) is 1. The highest BCUT2D eigenvalue weighted by Crippen LogP contribution is 2.17. The van der Waals surface area contributed by atoms with Gasteiger partial charge in [-0.2, -0.15) is 0 Å². The molecule has 7 heteroatoms. The Bertz CT molecular complexity index is 554. The van der Waals surface area contributed by atoms with E-state index in [1.54, 1.807) is 18.3 Å². The normalized spacial score (nSPS) is 18.0. The Morgan fingerprint density at radius 3 is 2.76 bits per heavy atom. The monoisotopic (exact) mass is 312 g/mol. The molecule has 2 rings (SSSR count). The largest absolute Gasteiger partial charge is 0.325 e. The van der Waals surface area contributed by atoms with Gasteiger partial charge in [-0.25, -0.2) is 13.1 Å². The summed E-state index contributed by atoms with van der Waals surface area (Å²) in [6, 6.07) is 3.18. The van der Waals surface area contributed by atoms with Gasteiger partial charge in [0.05, 0.1) is 5.69 Å². The maximum Gasteiger partial charge on any atom is 0.242 e. The maximum atomic E-state index is 12.5. The van der Waals surface area contributed by atoms with E-state index >= 15 is 0 Å². The molecule has 0 saturated carbocycles. The Morgan fingerprint density at radius 1 is 1.43 bits per heavy atom. The first-order chi connectivity index (χ1) is 10.1. The zero-order chi connectivity index (χ0) is 15.3. The number of nitrogens with one attached hydrogen (secondary N) is 1. The first-order valence-corrected chi connectivity index (χ1v) is 8.93. The van der Waals surface area contributed by atoms with Crippen molar-refractivity contribution in [1.82, 2.24) is 14.6 Å². The van der Waals surface area contributed by atoms with Crippen molar-refractivity contribution in [3.63, 3.8) is 0 Å². The second-order valence-corrected chi connectivity index (χ2v) is 7.07. The molecule has 118 valence electrons. The molecule has 1 aliphatic rings. The van der Waals surface area contributed by atoms with Gasteiger partial charge in [0.2, 0.25) is 10.0 Å². The molecule has 21 heavy (non-hydrogen) atoms. The third kappa shape index (κ3) is 4.23. The maximum absolute atomic E-state index is 12.5. The van der Waals surface area contributed by atoms with E-state index in [2.05, 4.69) is 21.5 Å². The molecule has 1 aliphatic heterocycles. The Kier molecular flexibility index (Phi) is 5.69. The Hall–Kier alpha value is -1.02. The molecular weight excluding hydrogens is 288 g/mol. The zero-order valence-electron chi connectivity index (χ0n) is 12.5. The molecule has 1 fully saturated rings. The topological polar surface area (TPSA) is 88.3 Å². The number of hydrogen-bond donors (Lipinski definition) is 2. The average molecular weight is 312 g/mol. The summed E-state index contributed by atoms with van der Waals surface area (Å²) >= 11 is 0. The van der Waals surface area contributed by atoms with Gasteiger partial charge < -0.3 is 10.6 Å². The van der Waals surface area contributed by atoms with Gasteiger partial charge in [-0.15, -0.1) is 0 Å². The fraction of sp³-hybridized carbons (Fsp3) is 0.643. The van der Waals surface area contributed by atoms with E-state index in [0.717, 1.165) is 38.9 Å². The minimum atomic E-state index is -3.54. The van der Waals surface area contributed by atoms with E-state index < -0.39 is 10.0 Å². The second-order valence-electron chi connectivity index (χ2n) is 5.39. The van der Waals surface area contributed by atoms with Crippen molar-refractivity contribution in [3.8, 4) is 0 Å². The molecule has 0 spiro atoms. The molecular formula is C14H24N4O2S. The molecule has 0 atom stereocenters. The molecule has 0 radical (unpaired) electrons. The smallest absolute Gasteiger partial charge is 0.242 e. The van der Waals surface area contributed by atoms with Crippen molar-refractivity contribution in [2.45, 2.75) is 43.7 Å². The molecule has 3 N–H and O–H groups in total. The summed E-state index contributed by atoms with van der Waals surface area (Å²) in [7, 11) is -3.54. The van der Waals surface area contributed by atoms with E-state index in [1.165, 1.54) is 0 Å². The van der Waals surface area contributed by atoms with Crippen LogP contribution in [0.25, 0.3) is 0 Å². The molecule has 6 nitrogen and oxygen atoms in total. The Morgan fingerprint density at radius 2 is 2.14 bits per heavy atom. The lowest BCUT2D eigenvalue weighted by Crippen LogP contribution is -2.44. The van der Waals surface area contributed by atoms with Gasteiger partial charge in [0.15, 0.2) is 0 Å². The van der Waals surface area contributed by atoms with Gasteiger partial charge in [0, 0.05) is 18.8 Å². The van der Waals surface area contributed by atoms with Crippen LogP contribution in [0.3, 0.4) is 0 Å². The highest BCUT2D eigenvalue weighted by molar-refractivity contribution is 7.89. The van der Waals surface area contributed by atoms with E-state index in [9.17, 15) is 8.42 Å². The Balaban J connectivity index is 2.02. The van der Waals surface area contributed by atoms with Crippen molar-refractivity contribution >= 4 is 10.0 Å². The summed E-state index contributed by atoms with van der Waals surface area (Å²) in [6.45, 7) is 5.24. The van der Waals surface area contributed by atoms with Gasteiger partial charge in [-0.05, 0) is 51.0 Å². The van der Waals surface area contributed by atoms with Crippen molar-refractivity contribution in [2.75, 3.05) is 19.6 Å². The lowest BCUT2D eigenvalue weighted by molar-refractivity contribution is 0.208. The molecule has 0 unspecified atom stereocenters. The van der Waals surface area contributed by atoms with Gasteiger partial charge in [-0.3, -0.25) is 4.98 Å². The van der Waals surface area contributed by atoms with Gasteiger partial charge in [0.1, 0.15) is 4.90 Å². The van der Waals surface area contributed by atoms with E-state index in [0.29, 0.717) is 5.69 Å². The average Bonchev–Trinajstić information content (AvgIpc) is 2.49. The minimum absolute atomic E-state index is 0.00561. The quantitative estimate of drug-likeness (QED) is 0.807. The van der Waals surface area contributed by atoms with E-state index in [4.69, 9.17) is 5.73 Å². The number of sulfonamides is 1. The summed E-state index contributed by atoms with van der Waals surface area (Å²) in [5, 5.41) is 0. The summed E-state index contributed by atoms with van der Waals surface area (Å²) in [6.07, 6.45) is 4.38. The SMILES string of the molecule is CCCN1CCC(NS(=O)(=O)c2cccnc2CN)CC1. The molecule has 1 aromatic heterocycles. The van der Waals surface area contributed by atoms with Crippen LogP contribution in [0.1, 0.15) is 31.9 Å². The predicted molar refractivity (Wildman–Crippen MR) is 82.2 cm³/mol. The third-order valence-corrected chi connectivity index (χ3v) is 5.37. The van der Waals surface area contributed by atoms with Crippen molar-refractivity contribution in [3.05, 3.63) is 24.0 Å². The minimum Gasteiger partial charge on any atom is -0.325 e. The summed E-state index contributed by atoms with van der Waals surface area (Å²) in [5.41, 5.74) is 5.98. The van der Waals surface area contributed by atoms with E-state index in [-0.39, 0.29) is 17.5 Å². The number of piperidine rings is 1. The second kappa shape index (κ2) is 7.31. The number of nitrogens with zero attached hydrogens (tertiary/aromatic N) is 2. The highest BCUT2D eigenvalue weighted by Gasteiger charge is 2.25. The number of pyridine rings is 1. The van der Waals surface area contributed by atoms with Crippen LogP contribution in [0.5, 0.6) is 0 Å². The summed E-state index contributed by atoms with van der Waals surface area (Å²) in [4.78, 5) is 6.61. The van der Waals surface area contributed by atoms with Crippen LogP contribution < -0.4 is 10.5 Å². The number of rotatable bonds is 6. The van der Waals surface area contributed by atoms with Crippen LogP contribution >= 0.6 is 0 Å². The first kappa shape index (κ1) is 16.4. The van der Waals surface area contributed by atoms with E-state index in [1.807, 2.05) is 0 Å². The third-order valence-electron chi connectivity index (χ3n) is 3.78. The molecule has 1 aromatic rings.